The Labute approximate surface area is 195 Å². The lowest BCUT2D eigenvalue weighted by atomic mass is 9.94. The average Bonchev–Trinajstić information content (AvgIpc) is 2.77. The van der Waals surface area contributed by atoms with Crippen LogP contribution >= 0.6 is 28.6 Å². The maximum Gasteiger partial charge on any atom is 0.412 e. The van der Waals surface area contributed by atoms with Crippen molar-refractivity contribution in [1.29, 1.82) is 0 Å². The molecule has 0 fully saturated rings. The molecule has 0 bridgehead atoms. The lowest BCUT2D eigenvalue weighted by molar-refractivity contribution is -0.141. The summed E-state index contributed by atoms with van der Waals surface area (Å²) in [5.41, 5.74) is 1.38. The van der Waals surface area contributed by atoms with E-state index < -0.39 is 18.2 Å². The second-order valence-electron chi connectivity index (χ2n) is 6.74. The van der Waals surface area contributed by atoms with E-state index in [1.807, 2.05) is 19.1 Å². The monoisotopic (exact) mass is 511 g/mol. The molecule has 0 unspecified atom stereocenters. The number of carbonyl (C=O) groups excluding carboxylic acids is 2. The Hall–Kier alpha value is -2.23. The highest BCUT2D eigenvalue weighted by atomic mass is 79.9. The molecule has 0 heterocycles. The predicted octanol–water partition coefficient (Wildman–Crippen LogP) is 4.61. The van der Waals surface area contributed by atoms with Crippen LogP contribution in [-0.2, 0) is 14.3 Å². The van der Waals surface area contributed by atoms with E-state index in [4.69, 9.17) is 19.3 Å². The van der Waals surface area contributed by atoms with Crippen molar-refractivity contribution in [2.24, 2.45) is 5.92 Å². The molecule has 2 aromatic rings. The summed E-state index contributed by atoms with van der Waals surface area (Å²) < 4.78 is 17.1. The van der Waals surface area contributed by atoms with Crippen LogP contribution in [0.4, 0.5) is 10.5 Å². The van der Waals surface area contributed by atoms with Crippen LogP contribution in [0.25, 0.3) is 0 Å². The minimum atomic E-state index is -0.591. The third kappa shape index (κ3) is 8.80. The summed E-state index contributed by atoms with van der Waals surface area (Å²) in [4.78, 5) is 23.9. The number of rotatable bonds is 11. The number of esters is 1. The van der Waals surface area contributed by atoms with Crippen LogP contribution in [-0.4, -0.2) is 42.7 Å². The number of hydrogen-bond acceptors (Lipinski definition) is 7. The van der Waals surface area contributed by atoms with Crippen LogP contribution in [0.15, 0.2) is 53.0 Å². The van der Waals surface area contributed by atoms with E-state index in [1.165, 1.54) is 0 Å². The fourth-order valence-corrected chi connectivity index (χ4v) is 3.14. The molecule has 0 saturated carbocycles. The van der Waals surface area contributed by atoms with E-state index in [1.54, 1.807) is 36.4 Å². The molecule has 1 amide bonds. The molecule has 0 spiro atoms. The molecule has 0 aromatic heterocycles. The van der Waals surface area contributed by atoms with Gasteiger partial charge in [0, 0.05) is 16.1 Å². The Morgan fingerprint density at radius 1 is 1.10 bits per heavy atom. The van der Waals surface area contributed by atoms with Crippen LogP contribution in [0.5, 0.6) is 5.75 Å². The second-order valence-corrected chi connectivity index (χ2v) is 7.98. The van der Waals surface area contributed by atoms with Gasteiger partial charge in [-0.15, -0.1) is 0 Å². The smallest absolute Gasteiger partial charge is 0.412 e. The number of hydrogen-bond donors (Lipinski definition) is 3. The standard InChI is InChI=1S/C22H26BrNO6S/c1-15(10-12-29-20(26)14-31)21(16-2-8-19(9-3-16)28-13-11-25)30-22(27)24-18-6-4-17(23)5-7-18/h2-9,15,21,25,31H,10-14H2,1H3,(H,24,27)/t15-,21-/m0/s1. The molecule has 2 N–H and O–H groups in total. The lowest BCUT2D eigenvalue weighted by Gasteiger charge is -2.25. The van der Waals surface area contributed by atoms with Gasteiger partial charge < -0.3 is 19.3 Å². The Bertz CT molecular complexity index is 831. The highest BCUT2D eigenvalue weighted by Crippen LogP contribution is 2.30. The normalized spacial score (nSPS) is 12.5. The molecular formula is C22H26BrNO6S. The zero-order chi connectivity index (χ0) is 22.6. The molecule has 2 rings (SSSR count). The number of nitrogens with one attached hydrogen (secondary N) is 1. The van der Waals surface area contributed by atoms with Gasteiger partial charge in [0.1, 0.15) is 18.5 Å². The van der Waals surface area contributed by atoms with E-state index in [-0.39, 0.29) is 31.5 Å². The number of benzene rings is 2. The quantitative estimate of drug-likeness (QED) is 0.301. The summed E-state index contributed by atoms with van der Waals surface area (Å²) in [5, 5.41) is 11.6. The van der Waals surface area contributed by atoms with Crippen molar-refractivity contribution in [3.05, 3.63) is 58.6 Å². The van der Waals surface area contributed by atoms with Gasteiger partial charge in [0.2, 0.25) is 0 Å². The van der Waals surface area contributed by atoms with E-state index in [2.05, 4.69) is 33.9 Å². The fraction of sp³-hybridized carbons (Fsp3) is 0.364. The summed E-state index contributed by atoms with van der Waals surface area (Å²) in [6.07, 6.45) is -0.664. The zero-order valence-corrected chi connectivity index (χ0v) is 19.6. The molecule has 31 heavy (non-hydrogen) atoms. The van der Waals surface area contributed by atoms with Crippen molar-refractivity contribution in [3.8, 4) is 5.75 Å². The van der Waals surface area contributed by atoms with Gasteiger partial charge in [0.05, 0.1) is 19.0 Å². The van der Waals surface area contributed by atoms with Crippen molar-refractivity contribution >= 4 is 46.3 Å². The highest BCUT2D eigenvalue weighted by molar-refractivity contribution is 9.10. The van der Waals surface area contributed by atoms with Gasteiger partial charge in [-0.3, -0.25) is 10.1 Å². The highest BCUT2D eigenvalue weighted by Gasteiger charge is 2.24. The van der Waals surface area contributed by atoms with Crippen LogP contribution in [0.2, 0.25) is 0 Å². The van der Waals surface area contributed by atoms with Gasteiger partial charge in [-0.25, -0.2) is 4.79 Å². The SMILES string of the molecule is C[C@@H](CCOC(=O)CS)[C@H](OC(=O)Nc1ccc(Br)cc1)c1ccc(OCCO)cc1. The number of halogens is 1. The number of anilines is 1. The van der Waals surface area contributed by atoms with Crippen molar-refractivity contribution in [2.75, 3.05) is 30.9 Å². The zero-order valence-electron chi connectivity index (χ0n) is 17.1. The van der Waals surface area contributed by atoms with Gasteiger partial charge in [-0.05, 0) is 48.4 Å². The van der Waals surface area contributed by atoms with E-state index in [0.29, 0.717) is 17.9 Å². The maximum absolute atomic E-state index is 12.5. The molecule has 9 heteroatoms. The van der Waals surface area contributed by atoms with E-state index in [0.717, 1.165) is 10.0 Å². The van der Waals surface area contributed by atoms with Crippen LogP contribution in [0, 0.1) is 5.92 Å². The molecule has 2 atom stereocenters. The first-order chi connectivity index (χ1) is 14.9. The second kappa shape index (κ2) is 13.2. The van der Waals surface area contributed by atoms with Gasteiger partial charge in [-0.1, -0.05) is 35.0 Å². The first kappa shape index (κ1) is 25.0. The van der Waals surface area contributed by atoms with Gasteiger partial charge >= 0.3 is 12.1 Å². The summed E-state index contributed by atoms with van der Waals surface area (Å²) in [6.45, 7) is 2.24. The molecular weight excluding hydrogens is 486 g/mol. The Morgan fingerprint density at radius 2 is 1.77 bits per heavy atom. The van der Waals surface area contributed by atoms with Crippen molar-refractivity contribution in [2.45, 2.75) is 19.4 Å². The topological polar surface area (TPSA) is 94.1 Å². The van der Waals surface area contributed by atoms with Gasteiger partial charge in [0.25, 0.3) is 0 Å². The first-order valence-electron chi connectivity index (χ1n) is 9.76. The largest absolute Gasteiger partial charge is 0.491 e. The molecule has 7 nitrogen and oxygen atoms in total. The van der Waals surface area contributed by atoms with Crippen LogP contribution in [0.1, 0.15) is 25.0 Å². The maximum atomic E-state index is 12.5. The van der Waals surface area contributed by atoms with Crippen LogP contribution in [0.3, 0.4) is 0 Å². The third-order valence-corrected chi connectivity index (χ3v) is 5.16. The third-order valence-electron chi connectivity index (χ3n) is 4.38. The summed E-state index contributed by atoms with van der Waals surface area (Å²) in [7, 11) is 0. The van der Waals surface area contributed by atoms with Gasteiger partial charge in [0.15, 0.2) is 0 Å². The minimum Gasteiger partial charge on any atom is -0.491 e. The summed E-state index contributed by atoms with van der Waals surface area (Å²) in [5.74, 6) is 0.0874. The van der Waals surface area contributed by atoms with Crippen molar-refractivity contribution < 1.29 is 28.9 Å². The minimum absolute atomic E-state index is 0.0131. The number of carbonyl (C=O) groups is 2. The summed E-state index contributed by atoms with van der Waals surface area (Å²) >= 11 is 7.24. The number of amides is 1. The number of ether oxygens (including phenoxy) is 3. The fourth-order valence-electron chi connectivity index (χ4n) is 2.78. The average molecular weight is 512 g/mol. The Kier molecular flexibility index (Phi) is 10.7. The van der Waals surface area contributed by atoms with Crippen molar-refractivity contribution in [1.82, 2.24) is 0 Å². The number of thiol groups is 1. The molecule has 2 aromatic carbocycles. The lowest BCUT2D eigenvalue weighted by Crippen LogP contribution is -2.23. The molecule has 0 aliphatic rings. The van der Waals surface area contributed by atoms with E-state index in [9.17, 15) is 9.59 Å². The van der Waals surface area contributed by atoms with Crippen LogP contribution < -0.4 is 10.1 Å². The molecule has 0 radical (unpaired) electrons. The first-order valence-corrected chi connectivity index (χ1v) is 11.2. The number of aliphatic hydroxyl groups is 1. The predicted molar refractivity (Wildman–Crippen MR) is 125 cm³/mol. The number of aliphatic hydroxyl groups excluding tert-OH is 1. The molecule has 168 valence electrons. The molecule has 0 saturated heterocycles. The Balaban J connectivity index is 2.09. The van der Waals surface area contributed by atoms with Crippen molar-refractivity contribution in [3.63, 3.8) is 0 Å². The Morgan fingerprint density at radius 3 is 2.39 bits per heavy atom. The van der Waals surface area contributed by atoms with Gasteiger partial charge in [-0.2, -0.15) is 12.6 Å². The summed E-state index contributed by atoms with van der Waals surface area (Å²) in [6, 6.07) is 14.3. The molecule has 0 aliphatic carbocycles. The molecule has 0 aliphatic heterocycles. The van der Waals surface area contributed by atoms with E-state index >= 15 is 0 Å².